The fourth-order valence-corrected chi connectivity index (χ4v) is 1.57. The lowest BCUT2D eigenvalue weighted by molar-refractivity contribution is 1.01. The fourth-order valence-electron chi connectivity index (χ4n) is 0.872. The summed E-state index contributed by atoms with van der Waals surface area (Å²) in [5.41, 5.74) is 2.43. The number of imidazole rings is 1. The first-order valence-electron chi connectivity index (χ1n) is 3.84. The summed E-state index contributed by atoms with van der Waals surface area (Å²) in [5, 5.41) is 1.50. The van der Waals surface area contributed by atoms with Crippen molar-refractivity contribution in [3.63, 3.8) is 0 Å². The van der Waals surface area contributed by atoms with E-state index in [4.69, 9.17) is 5.84 Å². The van der Waals surface area contributed by atoms with Crippen LogP contribution in [0.15, 0.2) is 35.0 Å². The molecule has 14 heavy (non-hydrogen) atoms. The molecule has 0 aromatic carbocycles. The molecule has 0 amide bonds. The Balaban J connectivity index is 2.17. The highest BCUT2D eigenvalue weighted by Crippen LogP contribution is 2.21. The number of H-pyrrole nitrogens is 1. The number of nitrogens with two attached hydrogens (primary N) is 1. The standard InChI is InChI=1S/C7H8N6S/c8-13-5-3-9-4-6(12-5)14-7-10-1-2-11-7/h1-4H,8H2,(H,10,11)(H,12,13). The second-order valence-electron chi connectivity index (χ2n) is 2.38. The molecule has 2 rings (SSSR count). The third kappa shape index (κ3) is 2.01. The molecule has 0 radical (unpaired) electrons. The average molecular weight is 208 g/mol. The van der Waals surface area contributed by atoms with Crippen LogP contribution < -0.4 is 11.3 Å². The monoisotopic (exact) mass is 208 g/mol. The van der Waals surface area contributed by atoms with E-state index in [0.717, 1.165) is 10.2 Å². The number of aromatic amines is 1. The molecule has 0 bridgehead atoms. The molecule has 0 fully saturated rings. The summed E-state index contributed by atoms with van der Waals surface area (Å²) < 4.78 is 0. The van der Waals surface area contributed by atoms with Gasteiger partial charge in [-0.1, -0.05) is 0 Å². The van der Waals surface area contributed by atoms with E-state index in [2.05, 4.69) is 25.4 Å². The van der Waals surface area contributed by atoms with Gasteiger partial charge in [-0.3, -0.25) is 4.98 Å². The number of hydrazine groups is 1. The highest BCUT2D eigenvalue weighted by molar-refractivity contribution is 7.99. The van der Waals surface area contributed by atoms with Crippen LogP contribution in [0.1, 0.15) is 0 Å². The topological polar surface area (TPSA) is 92.5 Å². The lowest BCUT2D eigenvalue weighted by Crippen LogP contribution is -2.08. The molecule has 0 aliphatic heterocycles. The number of nitrogen functional groups attached to an aromatic ring is 1. The molecule has 2 aromatic heterocycles. The molecule has 0 aliphatic carbocycles. The second-order valence-corrected chi connectivity index (χ2v) is 3.39. The molecular formula is C7H8N6S. The Morgan fingerprint density at radius 1 is 1.43 bits per heavy atom. The lowest BCUT2D eigenvalue weighted by Gasteiger charge is -2.00. The number of nitrogens with one attached hydrogen (secondary N) is 2. The van der Waals surface area contributed by atoms with Crippen molar-refractivity contribution in [1.29, 1.82) is 0 Å². The quantitative estimate of drug-likeness (QED) is 0.506. The molecule has 0 aliphatic rings. The van der Waals surface area contributed by atoms with Gasteiger partial charge in [-0.2, -0.15) is 0 Å². The minimum Gasteiger partial charge on any atom is -0.339 e. The lowest BCUT2D eigenvalue weighted by atomic mass is 10.7. The molecule has 2 heterocycles. The van der Waals surface area contributed by atoms with Gasteiger partial charge in [0, 0.05) is 12.4 Å². The molecule has 7 heteroatoms. The first kappa shape index (κ1) is 8.97. The fraction of sp³-hybridized carbons (Fsp3) is 0. The second kappa shape index (κ2) is 4.07. The van der Waals surface area contributed by atoms with Gasteiger partial charge in [0.15, 0.2) is 11.0 Å². The van der Waals surface area contributed by atoms with Crippen LogP contribution in [0.4, 0.5) is 5.82 Å². The largest absolute Gasteiger partial charge is 0.339 e. The number of nitrogens with zero attached hydrogens (tertiary/aromatic N) is 3. The van der Waals surface area contributed by atoms with E-state index in [-0.39, 0.29) is 0 Å². The third-order valence-electron chi connectivity index (χ3n) is 1.43. The van der Waals surface area contributed by atoms with Crippen LogP contribution in [0.2, 0.25) is 0 Å². The SMILES string of the molecule is NNc1cncc(Sc2ncc[nH]2)n1. The summed E-state index contributed by atoms with van der Waals surface area (Å²) in [4.78, 5) is 15.1. The molecule has 0 unspecified atom stereocenters. The van der Waals surface area contributed by atoms with E-state index in [1.165, 1.54) is 11.8 Å². The highest BCUT2D eigenvalue weighted by Gasteiger charge is 2.01. The maximum Gasteiger partial charge on any atom is 0.171 e. The Kier molecular flexibility index (Phi) is 2.61. The van der Waals surface area contributed by atoms with Crippen molar-refractivity contribution in [2.45, 2.75) is 10.2 Å². The first-order chi connectivity index (χ1) is 6.88. The van der Waals surface area contributed by atoms with E-state index in [1.807, 2.05) is 0 Å². The Morgan fingerprint density at radius 2 is 2.36 bits per heavy atom. The molecule has 0 saturated heterocycles. The van der Waals surface area contributed by atoms with Crippen molar-refractivity contribution in [3.8, 4) is 0 Å². The maximum atomic E-state index is 5.21. The Labute approximate surface area is 84.3 Å². The normalized spacial score (nSPS) is 10.1. The van der Waals surface area contributed by atoms with Crippen molar-refractivity contribution in [3.05, 3.63) is 24.8 Å². The van der Waals surface area contributed by atoms with Gasteiger partial charge in [0.1, 0.15) is 5.03 Å². The zero-order valence-electron chi connectivity index (χ0n) is 7.14. The Hall–Kier alpha value is -1.60. The van der Waals surface area contributed by atoms with Crippen LogP contribution in [-0.2, 0) is 0 Å². The number of hydrogen-bond acceptors (Lipinski definition) is 6. The van der Waals surface area contributed by atoms with Crippen LogP contribution in [0.25, 0.3) is 0 Å². The van der Waals surface area contributed by atoms with Crippen molar-refractivity contribution >= 4 is 17.6 Å². The van der Waals surface area contributed by atoms with Crippen LogP contribution in [0.3, 0.4) is 0 Å². The minimum absolute atomic E-state index is 0.529. The van der Waals surface area contributed by atoms with Crippen molar-refractivity contribution < 1.29 is 0 Å². The van der Waals surface area contributed by atoms with Gasteiger partial charge in [0.05, 0.1) is 12.4 Å². The molecule has 0 saturated carbocycles. The molecule has 0 spiro atoms. The number of anilines is 1. The van der Waals surface area contributed by atoms with Crippen LogP contribution in [0, 0.1) is 0 Å². The van der Waals surface area contributed by atoms with Gasteiger partial charge >= 0.3 is 0 Å². The Bertz CT molecular complexity index is 400. The van der Waals surface area contributed by atoms with E-state index in [9.17, 15) is 0 Å². The van der Waals surface area contributed by atoms with Crippen LogP contribution in [0.5, 0.6) is 0 Å². The molecule has 2 aromatic rings. The third-order valence-corrected chi connectivity index (χ3v) is 2.26. The predicted molar refractivity (Wildman–Crippen MR) is 52.6 cm³/mol. The van der Waals surface area contributed by atoms with Crippen molar-refractivity contribution in [2.75, 3.05) is 5.43 Å². The first-order valence-corrected chi connectivity index (χ1v) is 4.66. The maximum absolute atomic E-state index is 5.21. The molecular weight excluding hydrogens is 200 g/mol. The summed E-state index contributed by atoms with van der Waals surface area (Å²) >= 11 is 1.39. The van der Waals surface area contributed by atoms with Gasteiger partial charge < -0.3 is 10.4 Å². The zero-order chi connectivity index (χ0) is 9.80. The van der Waals surface area contributed by atoms with Gasteiger partial charge in [0.25, 0.3) is 0 Å². The van der Waals surface area contributed by atoms with Crippen molar-refractivity contribution in [2.24, 2.45) is 5.84 Å². The van der Waals surface area contributed by atoms with Crippen LogP contribution in [-0.4, -0.2) is 19.9 Å². The summed E-state index contributed by atoms with van der Waals surface area (Å²) in [7, 11) is 0. The summed E-state index contributed by atoms with van der Waals surface area (Å²) in [6, 6.07) is 0. The molecule has 4 N–H and O–H groups in total. The zero-order valence-corrected chi connectivity index (χ0v) is 7.95. The average Bonchev–Trinajstić information content (AvgIpc) is 2.71. The predicted octanol–water partition coefficient (Wildman–Crippen LogP) is 0.637. The number of aromatic nitrogens is 4. The van der Waals surface area contributed by atoms with Gasteiger partial charge in [-0.25, -0.2) is 15.8 Å². The highest BCUT2D eigenvalue weighted by atomic mass is 32.2. The molecule has 72 valence electrons. The van der Waals surface area contributed by atoms with Crippen molar-refractivity contribution in [1.82, 2.24) is 19.9 Å². The van der Waals surface area contributed by atoms with E-state index in [1.54, 1.807) is 24.8 Å². The summed E-state index contributed by atoms with van der Waals surface area (Å²) in [5.74, 6) is 5.74. The van der Waals surface area contributed by atoms with E-state index in [0.29, 0.717) is 5.82 Å². The van der Waals surface area contributed by atoms with Gasteiger partial charge in [-0.15, -0.1) is 0 Å². The Morgan fingerprint density at radius 3 is 3.07 bits per heavy atom. The smallest absolute Gasteiger partial charge is 0.171 e. The summed E-state index contributed by atoms with van der Waals surface area (Å²) in [6.45, 7) is 0. The van der Waals surface area contributed by atoms with E-state index < -0.39 is 0 Å². The summed E-state index contributed by atoms with van der Waals surface area (Å²) in [6.07, 6.45) is 6.63. The number of rotatable bonds is 3. The minimum atomic E-state index is 0.529. The van der Waals surface area contributed by atoms with Crippen LogP contribution >= 0.6 is 11.8 Å². The molecule has 0 atom stereocenters. The van der Waals surface area contributed by atoms with Gasteiger partial charge in [-0.05, 0) is 11.8 Å². The number of hydrogen-bond donors (Lipinski definition) is 3. The molecule has 6 nitrogen and oxygen atoms in total. The van der Waals surface area contributed by atoms with E-state index >= 15 is 0 Å². The van der Waals surface area contributed by atoms with Gasteiger partial charge in [0.2, 0.25) is 0 Å².